The summed E-state index contributed by atoms with van der Waals surface area (Å²) >= 11 is 0. The van der Waals surface area contributed by atoms with Crippen LogP contribution in [-0.4, -0.2) is 47.9 Å². The Morgan fingerprint density at radius 2 is 1.59 bits per heavy atom. The summed E-state index contributed by atoms with van der Waals surface area (Å²) in [6.07, 6.45) is 10.1. The van der Waals surface area contributed by atoms with E-state index in [1.807, 2.05) is 26.0 Å². The molecule has 0 amide bonds. The fraction of sp³-hybridized carbons (Fsp3) is 0.455. The molecule has 1 fully saturated rings. The third-order valence-electron chi connectivity index (χ3n) is 6.62. The van der Waals surface area contributed by atoms with Crippen molar-refractivity contribution >= 4 is 16.8 Å². The first-order chi connectivity index (χ1) is 18.1. The Balaban J connectivity index is 0.00000235. The number of likely N-dealkylation sites (tertiary alicyclic amines) is 1. The van der Waals surface area contributed by atoms with E-state index in [4.69, 9.17) is 0 Å². The van der Waals surface area contributed by atoms with Crippen LogP contribution in [0.2, 0.25) is 0 Å². The molecule has 0 radical (unpaired) electrons. The molecule has 1 aliphatic heterocycles. The highest BCUT2D eigenvalue weighted by Gasteiger charge is 2.15. The van der Waals surface area contributed by atoms with Crippen molar-refractivity contribution in [1.82, 2.24) is 4.90 Å². The number of piperidine rings is 1. The first kappa shape index (κ1) is 30.4. The molecule has 3 N–H and O–H groups in total. The number of hydrogen-bond donors (Lipinski definition) is 3. The smallest absolute Gasteiger partial charge is 0.0891 e. The topological polar surface area (TPSA) is 55.7 Å². The molecule has 1 aliphatic rings. The van der Waals surface area contributed by atoms with E-state index in [0.29, 0.717) is 12.2 Å². The zero-order valence-corrected chi connectivity index (χ0v) is 23.5. The standard InChI is InChI=1S/C31H42N2O2.C2H6/c1-3-26(15-14-25(2)35)31(30(13-10-24-34)27-11-6-4-7-12-27)28-16-18-29(19-17-28)32-20-23-33-21-8-5-9-22-33;1-2/h4,6-7,11-12,14-19,32,34-35H,3,5,8-10,13,20-24H2,1-2H3;1-2H3/b25-14+,26-15+,31-30-;. The summed E-state index contributed by atoms with van der Waals surface area (Å²) in [5.41, 5.74) is 7.03. The maximum absolute atomic E-state index is 9.81. The normalized spacial score (nSPS) is 15.5. The fourth-order valence-corrected chi connectivity index (χ4v) is 4.76. The van der Waals surface area contributed by atoms with Crippen molar-refractivity contribution in [2.75, 3.05) is 38.1 Å². The van der Waals surface area contributed by atoms with Gasteiger partial charge in [0.1, 0.15) is 0 Å². The van der Waals surface area contributed by atoms with Crippen molar-refractivity contribution in [3.8, 4) is 0 Å². The minimum atomic E-state index is 0.157. The van der Waals surface area contributed by atoms with E-state index in [0.717, 1.165) is 37.2 Å². The molecular weight excluding hydrogens is 456 g/mol. The van der Waals surface area contributed by atoms with Gasteiger partial charge in [-0.05, 0) is 98.2 Å². The molecule has 2 aromatic rings. The molecule has 4 nitrogen and oxygen atoms in total. The Labute approximate surface area is 225 Å². The number of nitrogens with one attached hydrogen (secondary N) is 1. The summed E-state index contributed by atoms with van der Waals surface area (Å²) in [4.78, 5) is 2.55. The number of aliphatic hydroxyl groups excluding tert-OH is 2. The van der Waals surface area contributed by atoms with Crippen LogP contribution in [0.3, 0.4) is 0 Å². The lowest BCUT2D eigenvalue weighted by Crippen LogP contribution is -2.33. The van der Waals surface area contributed by atoms with Gasteiger partial charge in [0, 0.05) is 25.4 Å². The van der Waals surface area contributed by atoms with Gasteiger partial charge in [0.15, 0.2) is 0 Å². The predicted octanol–water partition coefficient (Wildman–Crippen LogP) is 8.09. The lowest BCUT2D eigenvalue weighted by molar-refractivity contribution is 0.237. The SMILES string of the molecule is CC.CCC(=C\C=C(/C)O)/C(=C(\CCCO)c1ccccc1)c1ccc(NCCN2CCCCC2)cc1. The van der Waals surface area contributed by atoms with E-state index in [9.17, 15) is 10.2 Å². The molecule has 1 saturated heterocycles. The molecule has 0 bridgehead atoms. The van der Waals surface area contributed by atoms with E-state index in [1.54, 1.807) is 13.0 Å². The number of allylic oxidation sites excluding steroid dienone is 6. The summed E-state index contributed by atoms with van der Waals surface area (Å²) in [7, 11) is 0. The minimum Gasteiger partial charge on any atom is -0.513 e. The van der Waals surface area contributed by atoms with Crippen LogP contribution in [0, 0.1) is 0 Å². The van der Waals surface area contributed by atoms with Gasteiger partial charge < -0.3 is 20.4 Å². The number of benzene rings is 2. The maximum atomic E-state index is 9.81. The van der Waals surface area contributed by atoms with Gasteiger partial charge in [-0.2, -0.15) is 0 Å². The van der Waals surface area contributed by atoms with Gasteiger partial charge in [0.25, 0.3) is 0 Å². The van der Waals surface area contributed by atoms with Crippen molar-refractivity contribution in [2.45, 2.75) is 66.2 Å². The summed E-state index contributed by atoms with van der Waals surface area (Å²) in [5, 5.41) is 23.0. The summed E-state index contributed by atoms with van der Waals surface area (Å²) in [6.45, 7) is 12.5. The summed E-state index contributed by atoms with van der Waals surface area (Å²) < 4.78 is 0. The zero-order valence-electron chi connectivity index (χ0n) is 23.5. The molecule has 202 valence electrons. The predicted molar refractivity (Wildman–Crippen MR) is 161 cm³/mol. The number of hydrogen-bond acceptors (Lipinski definition) is 4. The van der Waals surface area contributed by atoms with Crippen LogP contribution in [0.1, 0.15) is 77.3 Å². The Hall–Kier alpha value is -2.82. The second-order valence-corrected chi connectivity index (χ2v) is 9.31. The van der Waals surface area contributed by atoms with Crippen LogP contribution in [0.5, 0.6) is 0 Å². The van der Waals surface area contributed by atoms with E-state index in [1.165, 1.54) is 54.6 Å². The lowest BCUT2D eigenvalue weighted by Gasteiger charge is -2.26. The minimum absolute atomic E-state index is 0.157. The second-order valence-electron chi connectivity index (χ2n) is 9.31. The second kappa shape index (κ2) is 17.6. The zero-order chi connectivity index (χ0) is 26.9. The van der Waals surface area contributed by atoms with Gasteiger partial charge >= 0.3 is 0 Å². The van der Waals surface area contributed by atoms with Crippen LogP contribution in [0.15, 0.2) is 78.1 Å². The number of nitrogens with zero attached hydrogens (tertiary/aromatic N) is 1. The van der Waals surface area contributed by atoms with Gasteiger partial charge in [0.05, 0.1) is 5.76 Å². The average molecular weight is 505 g/mol. The van der Waals surface area contributed by atoms with Gasteiger partial charge in [-0.1, -0.05) is 75.7 Å². The van der Waals surface area contributed by atoms with Crippen molar-refractivity contribution < 1.29 is 10.2 Å². The quantitative estimate of drug-likeness (QED) is 0.155. The molecule has 0 unspecified atom stereocenters. The van der Waals surface area contributed by atoms with Gasteiger partial charge in [-0.3, -0.25) is 0 Å². The van der Waals surface area contributed by atoms with E-state index in [-0.39, 0.29) is 6.61 Å². The number of rotatable bonds is 12. The van der Waals surface area contributed by atoms with Crippen LogP contribution in [0.25, 0.3) is 11.1 Å². The summed E-state index contributed by atoms with van der Waals surface area (Å²) in [5.74, 6) is 0.292. The van der Waals surface area contributed by atoms with Crippen LogP contribution in [-0.2, 0) is 0 Å². The number of anilines is 1. The third kappa shape index (κ3) is 10.2. The monoisotopic (exact) mass is 504 g/mol. The number of aliphatic hydroxyl groups is 2. The highest BCUT2D eigenvalue weighted by Crippen LogP contribution is 2.37. The van der Waals surface area contributed by atoms with E-state index < -0.39 is 0 Å². The van der Waals surface area contributed by atoms with E-state index >= 15 is 0 Å². The molecule has 0 aliphatic carbocycles. The lowest BCUT2D eigenvalue weighted by atomic mass is 9.86. The molecule has 0 saturated carbocycles. The largest absolute Gasteiger partial charge is 0.513 e. The molecule has 3 rings (SSSR count). The summed E-state index contributed by atoms with van der Waals surface area (Å²) in [6, 6.07) is 19.2. The van der Waals surface area contributed by atoms with Crippen LogP contribution < -0.4 is 5.32 Å². The first-order valence-corrected chi connectivity index (χ1v) is 14.1. The Morgan fingerprint density at radius 1 is 0.919 bits per heavy atom. The van der Waals surface area contributed by atoms with E-state index in [2.05, 4.69) is 65.7 Å². The van der Waals surface area contributed by atoms with Gasteiger partial charge in [-0.15, -0.1) is 0 Å². The van der Waals surface area contributed by atoms with Crippen molar-refractivity contribution in [1.29, 1.82) is 0 Å². The van der Waals surface area contributed by atoms with Gasteiger partial charge in [-0.25, -0.2) is 0 Å². The molecule has 1 heterocycles. The first-order valence-electron chi connectivity index (χ1n) is 14.1. The average Bonchev–Trinajstić information content (AvgIpc) is 2.95. The van der Waals surface area contributed by atoms with Gasteiger partial charge in [0.2, 0.25) is 0 Å². The molecule has 37 heavy (non-hydrogen) atoms. The molecular formula is C33H48N2O2. The molecule has 0 spiro atoms. The Bertz CT molecular complexity index is 981. The van der Waals surface area contributed by atoms with Crippen LogP contribution >= 0.6 is 0 Å². The Kier molecular flexibility index (Phi) is 14.5. The van der Waals surface area contributed by atoms with Crippen molar-refractivity contribution in [3.63, 3.8) is 0 Å². The Morgan fingerprint density at radius 3 is 2.19 bits per heavy atom. The van der Waals surface area contributed by atoms with Crippen molar-refractivity contribution in [3.05, 3.63) is 89.2 Å². The highest BCUT2D eigenvalue weighted by atomic mass is 16.3. The fourth-order valence-electron chi connectivity index (χ4n) is 4.76. The molecule has 0 atom stereocenters. The molecule has 2 aromatic carbocycles. The van der Waals surface area contributed by atoms with Crippen molar-refractivity contribution in [2.24, 2.45) is 0 Å². The van der Waals surface area contributed by atoms with Crippen LogP contribution in [0.4, 0.5) is 5.69 Å². The highest BCUT2D eigenvalue weighted by molar-refractivity contribution is 5.98. The molecule has 0 aromatic heterocycles. The molecule has 4 heteroatoms. The maximum Gasteiger partial charge on any atom is 0.0891 e. The third-order valence-corrected chi connectivity index (χ3v) is 6.62.